The molecule has 0 saturated carbocycles. The Morgan fingerprint density at radius 1 is 1.31 bits per heavy atom. The fraction of sp³-hybridized carbons (Fsp3) is 0.792. The third kappa shape index (κ3) is 3.55. The fourth-order valence-corrected chi connectivity index (χ4v) is 6.18. The highest BCUT2D eigenvalue weighted by Crippen LogP contribution is 2.65. The van der Waals surface area contributed by atoms with Crippen molar-refractivity contribution in [1.82, 2.24) is 9.80 Å². The minimum atomic E-state index is -1.15. The number of nitrogens with zero attached hydrogens (tertiary/aromatic N) is 2. The predicted molar refractivity (Wildman–Crippen MR) is 119 cm³/mol. The molecule has 2 amide bonds. The van der Waals surface area contributed by atoms with E-state index in [1.54, 1.807) is 22.8 Å². The molecule has 0 aromatic heterocycles. The van der Waals surface area contributed by atoms with Crippen LogP contribution in [0.15, 0.2) is 12.7 Å². The van der Waals surface area contributed by atoms with Gasteiger partial charge in [0.15, 0.2) is 0 Å². The lowest BCUT2D eigenvalue weighted by Gasteiger charge is -2.42. The van der Waals surface area contributed by atoms with Gasteiger partial charge in [-0.25, -0.2) is 0 Å². The van der Waals surface area contributed by atoms with E-state index in [0.29, 0.717) is 38.8 Å². The number of carboxylic acid groups (broad SMARTS) is 1. The number of amides is 2. The number of carboxylic acids is 1. The average Bonchev–Trinajstić information content (AvgIpc) is 3.19. The van der Waals surface area contributed by atoms with E-state index in [2.05, 4.69) is 6.58 Å². The summed E-state index contributed by atoms with van der Waals surface area (Å²) in [7, 11) is 0. The van der Waals surface area contributed by atoms with Crippen molar-refractivity contribution in [3.05, 3.63) is 12.7 Å². The number of aliphatic hydroxyl groups is 1. The highest BCUT2D eigenvalue weighted by molar-refractivity contribution is 5.98. The van der Waals surface area contributed by atoms with Gasteiger partial charge in [-0.1, -0.05) is 13.0 Å². The van der Waals surface area contributed by atoms with Gasteiger partial charge in [-0.2, -0.15) is 0 Å². The second kappa shape index (κ2) is 8.45. The highest BCUT2D eigenvalue weighted by atomic mass is 16.5. The van der Waals surface area contributed by atoms with Gasteiger partial charge >= 0.3 is 5.97 Å². The van der Waals surface area contributed by atoms with E-state index < -0.39 is 40.6 Å². The molecular weight excluding hydrogens is 412 g/mol. The first-order chi connectivity index (χ1) is 14.9. The lowest BCUT2D eigenvalue weighted by atomic mass is 9.62. The van der Waals surface area contributed by atoms with Gasteiger partial charge in [0.05, 0.1) is 11.5 Å². The first-order valence-electron chi connectivity index (χ1n) is 11.6. The Hall–Kier alpha value is -1.93. The molecule has 3 aliphatic heterocycles. The van der Waals surface area contributed by atoms with Crippen molar-refractivity contribution in [2.45, 2.75) is 83.1 Å². The Kier molecular flexibility index (Phi) is 6.52. The maximum atomic E-state index is 14.1. The Morgan fingerprint density at radius 2 is 1.97 bits per heavy atom. The number of unbranched alkanes of at least 4 members (excludes halogenated alkanes) is 2. The summed E-state index contributed by atoms with van der Waals surface area (Å²) >= 11 is 0. The molecule has 2 bridgehead atoms. The van der Waals surface area contributed by atoms with Crippen molar-refractivity contribution in [2.24, 2.45) is 17.8 Å². The van der Waals surface area contributed by atoms with Crippen LogP contribution in [-0.4, -0.2) is 80.3 Å². The number of aliphatic carboxylic acids is 1. The number of likely N-dealkylation sites (tertiary alicyclic amines) is 1. The fourth-order valence-electron chi connectivity index (χ4n) is 6.18. The second-order valence-corrected chi connectivity index (χ2v) is 10.8. The second-order valence-electron chi connectivity index (χ2n) is 10.8. The van der Waals surface area contributed by atoms with Gasteiger partial charge in [0.25, 0.3) is 0 Å². The maximum absolute atomic E-state index is 14.1. The van der Waals surface area contributed by atoms with E-state index in [-0.39, 0.29) is 24.3 Å². The first kappa shape index (κ1) is 24.7. The topological polar surface area (TPSA) is 107 Å². The largest absolute Gasteiger partial charge is 0.481 e. The molecule has 0 aromatic carbocycles. The number of fused-ring (bicyclic) bond motifs is 1. The number of hydrogen-bond donors (Lipinski definition) is 2. The summed E-state index contributed by atoms with van der Waals surface area (Å²) in [6.07, 6.45) is 4.09. The van der Waals surface area contributed by atoms with Crippen molar-refractivity contribution in [2.75, 3.05) is 19.7 Å². The molecule has 3 fully saturated rings. The van der Waals surface area contributed by atoms with E-state index in [1.807, 2.05) is 27.7 Å². The van der Waals surface area contributed by atoms with Crippen LogP contribution in [0.25, 0.3) is 0 Å². The van der Waals surface area contributed by atoms with E-state index in [1.165, 1.54) is 0 Å². The SMILES string of the molecule is C=CCN(C(=O)C1N(CCCCCO)C(=O)[C@@H]2[C@H](C(=O)O)[C@@]3(C)OC12CC3C)C(C)(C)C. The molecule has 3 saturated heterocycles. The summed E-state index contributed by atoms with van der Waals surface area (Å²) in [4.78, 5) is 43.3. The Bertz CT molecular complexity index is 792. The molecule has 8 nitrogen and oxygen atoms in total. The van der Waals surface area contributed by atoms with Gasteiger partial charge in [0, 0.05) is 25.2 Å². The minimum Gasteiger partial charge on any atom is -0.481 e. The van der Waals surface area contributed by atoms with Crippen LogP contribution in [0, 0.1) is 17.8 Å². The molecule has 180 valence electrons. The Labute approximate surface area is 190 Å². The van der Waals surface area contributed by atoms with Crippen LogP contribution in [0.5, 0.6) is 0 Å². The highest BCUT2D eigenvalue weighted by Gasteiger charge is 2.80. The normalized spacial score (nSPS) is 35.8. The lowest BCUT2D eigenvalue weighted by Crippen LogP contribution is -2.60. The van der Waals surface area contributed by atoms with Crippen LogP contribution in [0.1, 0.15) is 60.3 Å². The van der Waals surface area contributed by atoms with Gasteiger partial charge in [0.2, 0.25) is 11.8 Å². The first-order valence-corrected chi connectivity index (χ1v) is 11.6. The molecule has 0 aliphatic carbocycles. The zero-order valence-electron chi connectivity index (χ0n) is 20.0. The number of carbonyl (C=O) groups excluding carboxylic acids is 2. The van der Waals surface area contributed by atoms with Crippen molar-refractivity contribution < 1.29 is 29.3 Å². The minimum absolute atomic E-state index is 0.0695. The number of carbonyl (C=O) groups is 3. The van der Waals surface area contributed by atoms with Crippen LogP contribution < -0.4 is 0 Å². The van der Waals surface area contributed by atoms with Crippen LogP contribution in [0.2, 0.25) is 0 Å². The monoisotopic (exact) mass is 450 g/mol. The van der Waals surface area contributed by atoms with Crippen molar-refractivity contribution in [3.63, 3.8) is 0 Å². The molecule has 8 heteroatoms. The number of aliphatic hydroxyl groups excluding tert-OH is 1. The number of rotatable bonds is 9. The molecule has 3 aliphatic rings. The molecule has 3 heterocycles. The van der Waals surface area contributed by atoms with E-state index in [9.17, 15) is 19.5 Å². The van der Waals surface area contributed by atoms with E-state index >= 15 is 0 Å². The van der Waals surface area contributed by atoms with Crippen LogP contribution >= 0.6 is 0 Å². The molecule has 3 rings (SSSR count). The van der Waals surface area contributed by atoms with Gasteiger partial charge in [-0.05, 0) is 59.3 Å². The van der Waals surface area contributed by atoms with Crippen molar-refractivity contribution >= 4 is 17.8 Å². The zero-order valence-corrected chi connectivity index (χ0v) is 20.0. The van der Waals surface area contributed by atoms with Gasteiger partial charge in [-0.15, -0.1) is 6.58 Å². The average molecular weight is 451 g/mol. The van der Waals surface area contributed by atoms with Crippen molar-refractivity contribution in [1.29, 1.82) is 0 Å². The number of hydrogen-bond acceptors (Lipinski definition) is 5. The van der Waals surface area contributed by atoms with Gasteiger partial charge < -0.3 is 24.7 Å². The standard InChI is InChI=1S/C24H38N2O6/c1-7-11-26(22(3,4)5)20(29)18-24-14-15(2)23(6,32-24)17(21(30)31)16(24)19(28)25(18)12-9-8-10-13-27/h7,15-18,27H,1,8-14H2,2-6H3,(H,30,31)/t15?,16-,17+,18?,23-,24?/m0/s1. The summed E-state index contributed by atoms with van der Waals surface area (Å²) in [5.41, 5.74) is -2.64. The molecule has 1 spiro atoms. The maximum Gasteiger partial charge on any atom is 0.310 e. The van der Waals surface area contributed by atoms with Gasteiger partial charge in [-0.3, -0.25) is 14.4 Å². The molecular formula is C24H38N2O6. The van der Waals surface area contributed by atoms with Crippen LogP contribution in [-0.2, 0) is 19.1 Å². The summed E-state index contributed by atoms with van der Waals surface area (Å²) in [6, 6.07) is -0.873. The molecule has 3 unspecified atom stereocenters. The number of ether oxygens (including phenoxy) is 1. The smallest absolute Gasteiger partial charge is 0.310 e. The summed E-state index contributed by atoms with van der Waals surface area (Å²) in [6.45, 7) is 14.0. The van der Waals surface area contributed by atoms with Crippen LogP contribution in [0.3, 0.4) is 0 Å². The third-order valence-corrected chi connectivity index (χ3v) is 7.76. The molecule has 0 aromatic rings. The summed E-state index contributed by atoms with van der Waals surface area (Å²) in [5, 5.41) is 19.2. The van der Waals surface area contributed by atoms with Gasteiger partial charge in [0.1, 0.15) is 17.6 Å². The van der Waals surface area contributed by atoms with E-state index in [0.717, 1.165) is 0 Å². The molecule has 0 radical (unpaired) electrons. The summed E-state index contributed by atoms with van der Waals surface area (Å²) < 4.78 is 6.50. The Morgan fingerprint density at radius 3 is 2.50 bits per heavy atom. The third-order valence-electron chi connectivity index (χ3n) is 7.76. The predicted octanol–water partition coefficient (Wildman–Crippen LogP) is 2.06. The van der Waals surface area contributed by atoms with Crippen LogP contribution in [0.4, 0.5) is 0 Å². The molecule has 6 atom stereocenters. The quantitative estimate of drug-likeness (QED) is 0.411. The molecule has 2 N–H and O–H groups in total. The zero-order chi connectivity index (χ0) is 24.1. The van der Waals surface area contributed by atoms with E-state index in [4.69, 9.17) is 9.84 Å². The van der Waals surface area contributed by atoms with Crippen molar-refractivity contribution in [3.8, 4) is 0 Å². The Balaban J connectivity index is 2.08. The lowest BCUT2D eigenvalue weighted by molar-refractivity contribution is -0.159. The molecule has 32 heavy (non-hydrogen) atoms. The summed E-state index contributed by atoms with van der Waals surface area (Å²) in [5.74, 6) is -3.54.